The molecule has 9 nitrogen and oxygen atoms in total. The maximum absolute atomic E-state index is 11.7. The normalized spacial score (nSPS) is 12.0. The third-order valence-electron chi connectivity index (χ3n) is 4.49. The number of halogens is 1. The highest BCUT2D eigenvalue weighted by molar-refractivity contribution is 6.32. The fourth-order valence-electron chi connectivity index (χ4n) is 3.04. The van der Waals surface area contributed by atoms with E-state index in [2.05, 4.69) is 15.3 Å². The van der Waals surface area contributed by atoms with E-state index < -0.39 is 4.92 Å². The van der Waals surface area contributed by atoms with Gasteiger partial charge in [0.1, 0.15) is 12.1 Å². The predicted molar refractivity (Wildman–Crippen MR) is 110 cm³/mol. The number of anilines is 1. The van der Waals surface area contributed by atoms with Crippen LogP contribution in [0.15, 0.2) is 36.7 Å². The van der Waals surface area contributed by atoms with E-state index in [4.69, 9.17) is 25.8 Å². The standard InChI is InChI=1S/C20H17ClN4O5/c1-11-5-14(6-12(2)17(11)21)30-20-18(25(26)27)19(23-9-24-20)22-8-13-3-4-15-16(7-13)29-10-28-15/h3-7,9H,8,10H2,1-2H3,(H,22,23,24). The van der Waals surface area contributed by atoms with Gasteiger partial charge in [-0.05, 0) is 54.8 Å². The quantitative estimate of drug-likeness (QED) is 0.441. The number of rotatable bonds is 6. The molecule has 0 radical (unpaired) electrons. The van der Waals surface area contributed by atoms with E-state index >= 15 is 0 Å². The van der Waals surface area contributed by atoms with Gasteiger partial charge in [0.15, 0.2) is 11.5 Å². The van der Waals surface area contributed by atoms with Crippen LogP contribution in [0.1, 0.15) is 16.7 Å². The number of aromatic nitrogens is 2. The summed E-state index contributed by atoms with van der Waals surface area (Å²) in [5, 5.41) is 15.3. The molecule has 1 N–H and O–H groups in total. The summed E-state index contributed by atoms with van der Waals surface area (Å²) in [6.45, 7) is 4.12. The third kappa shape index (κ3) is 3.92. The summed E-state index contributed by atoms with van der Waals surface area (Å²) in [5.74, 6) is 1.58. The van der Waals surface area contributed by atoms with E-state index in [0.717, 1.165) is 16.7 Å². The lowest BCUT2D eigenvalue weighted by Gasteiger charge is -2.11. The topological polar surface area (TPSA) is 109 Å². The van der Waals surface area contributed by atoms with Crippen molar-refractivity contribution in [1.82, 2.24) is 9.97 Å². The largest absolute Gasteiger partial charge is 0.454 e. The van der Waals surface area contributed by atoms with Crippen molar-refractivity contribution in [1.29, 1.82) is 0 Å². The average Bonchev–Trinajstić information content (AvgIpc) is 3.18. The number of hydrogen-bond acceptors (Lipinski definition) is 8. The van der Waals surface area contributed by atoms with Gasteiger partial charge in [0, 0.05) is 11.6 Å². The van der Waals surface area contributed by atoms with Gasteiger partial charge in [0.2, 0.25) is 12.6 Å². The third-order valence-corrected chi connectivity index (χ3v) is 5.09. The minimum atomic E-state index is -0.576. The monoisotopic (exact) mass is 428 g/mol. The molecule has 3 aromatic rings. The van der Waals surface area contributed by atoms with Crippen LogP contribution < -0.4 is 19.5 Å². The van der Waals surface area contributed by atoms with Gasteiger partial charge >= 0.3 is 11.6 Å². The van der Waals surface area contributed by atoms with Gasteiger partial charge < -0.3 is 19.5 Å². The molecule has 0 bridgehead atoms. The van der Waals surface area contributed by atoms with Crippen molar-refractivity contribution >= 4 is 23.1 Å². The van der Waals surface area contributed by atoms with Gasteiger partial charge in [0.25, 0.3) is 0 Å². The fraction of sp³-hybridized carbons (Fsp3) is 0.200. The lowest BCUT2D eigenvalue weighted by Crippen LogP contribution is -2.07. The fourth-order valence-corrected chi connectivity index (χ4v) is 3.15. The van der Waals surface area contributed by atoms with Crippen molar-refractivity contribution in [3.8, 4) is 23.1 Å². The highest BCUT2D eigenvalue weighted by atomic mass is 35.5. The second-order valence-electron chi connectivity index (χ2n) is 6.65. The minimum absolute atomic E-state index is 0.0464. The molecular formula is C20H17ClN4O5. The number of fused-ring (bicyclic) bond motifs is 1. The van der Waals surface area contributed by atoms with Crippen molar-refractivity contribution in [3.63, 3.8) is 0 Å². The van der Waals surface area contributed by atoms with Crippen LogP contribution >= 0.6 is 11.6 Å². The molecule has 30 heavy (non-hydrogen) atoms. The van der Waals surface area contributed by atoms with E-state index in [0.29, 0.717) is 22.3 Å². The molecule has 0 saturated carbocycles. The van der Waals surface area contributed by atoms with Crippen molar-refractivity contribution in [3.05, 3.63) is 68.5 Å². The molecule has 0 fully saturated rings. The first kappa shape index (κ1) is 19.7. The maximum Gasteiger partial charge on any atom is 0.373 e. The number of hydrogen-bond donors (Lipinski definition) is 1. The molecule has 0 amide bonds. The molecule has 0 atom stereocenters. The Morgan fingerprint density at radius 1 is 1.17 bits per heavy atom. The first-order valence-corrected chi connectivity index (χ1v) is 9.36. The van der Waals surface area contributed by atoms with Crippen molar-refractivity contribution < 1.29 is 19.1 Å². The van der Waals surface area contributed by atoms with E-state index in [-0.39, 0.29) is 30.7 Å². The van der Waals surface area contributed by atoms with Crippen LogP contribution in [0.25, 0.3) is 0 Å². The van der Waals surface area contributed by atoms with Crippen LogP contribution in [0.5, 0.6) is 23.1 Å². The molecule has 0 spiro atoms. The maximum atomic E-state index is 11.7. The number of nitrogens with zero attached hydrogens (tertiary/aromatic N) is 3. The van der Waals surface area contributed by atoms with E-state index in [9.17, 15) is 10.1 Å². The minimum Gasteiger partial charge on any atom is -0.454 e. The zero-order valence-corrected chi connectivity index (χ0v) is 16.9. The van der Waals surface area contributed by atoms with Crippen LogP contribution in [-0.4, -0.2) is 21.7 Å². The number of benzene rings is 2. The highest BCUT2D eigenvalue weighted by Gasteiger charge is 2.25. The van der Waals surface area contributed by atoms with Crippen LogP contribution in [-0.2, 0) is 6.54 Å². The first-order chi connectivity index (χ1) is 14.4. The number of aryl methyl sites for hydroxylation is 2. The summed E-state index contributed by atoms with van der Waals surface area (Å²) in [7, 11) is 0. The number of nitrogens with one attached hydrogen (secondary N) is 1. The Bertz CT molecular complexity index is 1120. The second kappa shape index (κ2) is 8.03. The SMILES string of the molecule is Cc1cc(Oc2ncnc(NCc3ccc4c(c3)OCO4)c2[N+](=O)[O-])cc(C)c1Cl. The van der Waals surface area contributed by atoms with Crippen molar-refractivity contribution in [2.75, 3.05) is 12.1 Å². The molecule has 2 heterocycles. The Kier molecular flexibility index (Phi) is 5.28. The molecule has 10 heteroatoms. The Morgan fingerprint density at radius 2 is 1.90 bits per heavy atom. The molecular weight excluding hydrogens is 412 g/mol. The van der Waals surface area contributed by atoms with Crippen LogP contribution in [0.3, 0.4) is 0 Å². The number of nitro groups is 1. The van der Waals surface area contributed by atoms with Crippen molar-refractivity contribution in [2.24, 2.45) is 0 Å². The summed E-state index contributed by atoms with van der Waals surface area (Å²) in [6, 6.07) is 8.82. The first-order valence-electron chi connectivity index (χ1n) is 8.99. The smallest absolute Gasteiger partial charge is 0.373 e. The average molecular weight is 429 g/mol. The van der Waals surface area contributed by atoms with Gasteiger partial charge in [-0.1, -0.05) is 17.7 Å². The Labute approximate surface area is 176 Å². The molecule has 0 unspecified atom stereocenters. The number of ether oxygens (including phenoxy) is 3. The summed E-state index contributed by atoms with van der Waals surface area (Å²) in [4.78, 5) is 19.1. The van der Waals surface area contributed by atoms with E-state index in [1.165, 1.54) is 6.33 Å². The molecule has 1 aliphatic heterocycles. The highest BCUT2D eigenvalue weighted by Crippen LogP contribution is 2.37. The van der Waals surface area contributed by atoms with Gasteiger partial charge in [-0.25, -0.2) is 4.98 Å². The van der Waals surface area contributed by atoms with Gasteiger partial charge in [-0.3, -0.25) is 10.1 Å². The van der Waals surface area contributed by atoms with Crippen molar-refractivity contribution in [2.45, 2.75) is 20.4 Å². The van der Waals surface area contributed by atoms with Gasteiger partial charge in [-0.2, -0.15) is 4.98 Å². The summed E-state index contributed by atoms with van der Waals surface area (Å²) in [6.07, 6.45) is 1.21. The summed E-state index contributed by atoms with van der Waals surface area (Å²) in [5.41, 5.74) is 2.08. The molecule has 2 aromatic carbocycles. The lowest BCUT2D eigenvalue weighted by molar-refractivity contribution is -0.385. The molecule has 0 saturated heterocycles. The molecule has 0 aliphatic carbocycles. The predicted octanol–water partition coefficient (Wildman–Crippen LogP) is 4.79. The molecule has 1 aromatic heterocycles. The Balaban J connectivity index is 1.59. The van der Waals surface area contributed by atoms with E-state index in [1.807, 2.05) is 19.9 Å². The van der Waals surface area contributed by atoms with Gasteiger partial charge in [-0.15, -0.1) is 0 Å². The zero-order chi connectivity index (χ0) is 21.3. The molecule has 1 aliphatic rings. The Hall–Kier alpha value is -3.59. The van der Waals surface area contributed by atoms with Gasteiger partial charge in [0.05, 0.1) is 4.92 Å². The molecule has 4 rings (SSSR count). The summed E-state index contributed by atoms with van der Waals surface area (Å²) < 4.78 is 16.4. The second-order valence-corrected chi connectivity index (χ2v) is 7.03. The zero-order valence-electron chi connectivity index (χ0n) is 16.1. The van der Waals surface area contributed by atoms with E-state index in [1.54, 1.807) is 24.3 Å². The van der Waals surface area contributed by atoms with Crippen LogP contribution in [0, 0.1) is 24.0 Å². The molecule has 154 valence electrons. The van der Waals surface area contributed by atoms with Crippen LogP contribution in [0.2, 0.25) is 5.02 Å². The Morgan fingerprint density at radius 3 is 2.63 bits per heavy atom. The van der Waals surface area contributed by atoms with Crippen LogP contribution in [0.4, 0.5) is 11.5 Å². The lowest BCUT2D eigenvalue weighted by atomic mass is 10.1. The summed E-state index contributed by atoms with van der Waals surface area (Å²) >= 11 is 6.18.